The summed E-state index contributed by atoms with van der Waals surface area (Å²) in [6.45, 7) is 10.2. The molecule has 1 aliphatic carbocycles. The van der Waals surface area contributed by atoms with Crippen LogP contribution in [0.2, 0.25) is 0 Å². The molecular formula is C23H32N6O3. The van der Waals surface area contributed by atoms with Gasteiger partial charge in [0.15, 0.2) is 5.65 Å². The number of amides is 4. The first kappa shape index (κ1) is 22.2. The first-order valence-electron chi connectivity index (χ1n) is 11.4. The second kappa shape index (κ2) is 8.18. The molecule has 0 unspecified atom stereocenters. The van der Waals surface area contributed by atoms with Gasteiger partial charge in [0.1, 0.15) is 5.54 Å². The van der Waals surface area contributed by atoms with Crippen LogP contribution >= 0.6 is 0 Å². The van der Waals surface area contributed by atoms with E-state index in [4.69, 9.17) is 4.98 Å². The van der Waals surface area contributed by atoms with Crippen molar-refractivity contribution in [2.45, 2.75) is 84.7 Å². The fraction of sp³-hybridized carbons (Fsp3) is 0.609. The molecule has 172 valence electrons. The second-order valence-corrected chi connectivity index (χ2v) is 9.59. The maximum atomic E-state index is 12.9. The minimum absolute atomic E-state index is 0.147. The van der Waals surface area contributed by atoms with Crippen molar-refractivity contribution in [3.63, 3.8) is 0 Å². The number of imide groups is 1. The van der Waals surface area contributed by atoms with Crippen molar-refractivity contribution in [1.29, 1.82) is 0 Å². The van der Waals surface area contributed by atoms with Crippen LogP contribution in [0.25, 0.3) is 11.0 Å². The molecule has 2 aromatic rings. The molecular weight excluding hydrogens is 408 g/mol. The lowest BCUT2D eigenvalue weighted by Crippen LogP contribution is -2.51. The van der Waals surface area contributed by atoms with Crippen LogP contribution in [0.4, 0.5) is 4.79 Å². The molecule has 2 aliphatic rings. The number of nitrogens with one attached hydrogen (secondary N) is 2. The van der Waals surface area contributed by atoms with E-state index in [-0.39, 0.29) is 24.3 Å². The lowest BCUT2D eigenvalue weighted by Gasteiger charge is -2.33. The molecule has 1 aliphatic heterocycles. The molecule has 32 heavy (non-hydrogen) atoms. The van der Waals surface area contributed by atoms with Crippen LogP contribution in [0, 0.1) is 19.8 Å². The molecule has 2 aromatic heterocycles. The van der Waals surface area contributed by atoms with E-state index < -0.39 is 11.6 Å². The summed E-state index contributed by atoms with van der Waals surface area (Å²) in [5.74, 6) is -0.176. The Hall–Kier alpha value is -2.97. The summed E-state index contributed by atoms with van der Waals surface area (Å²) in [6.07, 6.45) is 5.42. The molecule has 4 amide bonds. The molecule has 1 saturated heterocycles. The summed E-state index contributed by atoms with van der Waals surface area (Å²) in [5.41, 5.74) is 5.40. The number of aryl methyl sites for hydroxylation is 2. The molecule has 1 spiro atoms. The Morgan fingerprint density at radius 1 is 1.28 bits per heavy atom. The fourth-order valence-corrected chi connectivity index (χ4v) is 4.87. The molecule has 9 heteroatoms. The minimum atomic E-state index is -0.865. The molecule has 0 aromatic carbocycles. The number of urea groups is 1. The van der Waals surface area contributed by atoms with Gasteiger partial charge in [-0.1, -0.05) is 6.92 Å². The predicted octanol–water partition coefficient (Wildman–Crippen LogP) is 3.09. The van der Waals surface area contributed by atoms with Gasteiger partial charge in [-0.15, -0.1) is 0 Å². The van der Waals surface area contributed by atoms with Crippen molar-refractivity contribution in [3.8, 4) is 0 Å². The minimum Gasteiger partial charge on any atom is -0.322 e. The number of carbonyl (C=O) groups excluding carboxylic acids is 3. The smallest absolute Gasteiger partial charge is 0.322 e. The number of carbonyl (C=O) groups is 3. The third-order valence-electron chi connectivity index (χ3n) is 6.95. The Bertz CT molecular complexity index is 1080. The largest absolute Gasteiger partial charge is 0.344 e. The number of rotatable bonds is 5. The normalized spacial score (nSPS) is 23.4. The lowest BCUT2D eigenvalue weighted by molar-refractivity contribution is -0.140. The maximum absolute atomic E-state index is 12.9. The first-order chi connectivity index (χ1) is 15.1. The highest BCUT2D eigenvalue weighted by atomic mass is 16.2. The Kier molecular flexibility index (Phi) is 5.68. The van der Waals surface area contributed by atoms with Gasteiger partial charge in [0.05, 0.1) is 6.20 Å². The number of nitrogens with zero attached hydrogens (tertiary/aromatic N) is 4. The van der Waals surface area contributed by atoms with Gasteiger partial charge in [0.2, 0.25) is 5.91 Å². The van der Waals surface area contributed by atoms with Crippen molar-refractivity contribution in [3.05, 3.63) is 23.0 Å². The van der Waals surface area contributed by atoms with Crippen LogP contribution in [-0.4, -0.2) is 43.2 Å². The van der Waals surface area contributed by atoms with Gasteiger partial charge >= 0.3 is 6.03 Å². The average Bonchev–Trinajstić information content (AvgIpc) is 3.25. The second-order valence-electron chi connectivity index (χ2n) is 9.59. The Morgan fingerprint density at radius 3 is 2.62 bits per heavy atom. The topological polar surface area (TPSA) is 109 Å². The van der Waals surface area contributed by atoms with Gasteiger partial charge in [-0.25, -0.2) is 14.5 Å². The van der Waals surface area contributed by atoms with E-state index in [1.54, 1.807) is 0 Å². The van der Waals surface area contributed by atoms with Gasteiger partial charge < -0.3 is 5.32 Å². The zero-order valence-corrected chi connectivity index (χ0v) is 19.5. The van der Waals surface area contributed by atoms with E-state index in [2.05, 4.69) is 36.6 Å². The SMILES string of the molecule is Cc1nc2c(cnn2C(C)C)c(C)c1CCC(=O)NN1C(=O)NC2(CCC(C)CC2)C1=O. The molecule has 1 saturated carbocycles. The Labute approximate surface area is 187 Å². The summed E-state index contributed by atoms with van der Waals surface area (Å²) in [4.78, 5) is 42.7. The predicted molar refractivity (Wildman–Crippen MR) is 120 cm³/mol. The van der Waals surface area contributed by atoms with Crippen molar-refractivity contribution in [1.82, 2.24) is 30.5 Å². The summed E-state index contributed by atoms with van der Waals surface area (Å²) in [6, 6.07) is -0.343. The summed E-state index contributed by atoms with van der Waals surface area (Å²) < 4.78 is 1.89. The zero-order valence-electron chi connectivity index (χ0n) is 19.5. The molecule has 0 atom stereocenters. The first-order valence-corrected chi connectivity index (χ1v) is 11.4. The van der Waals surface area contributed by atoms with Crippen LogP contribution in [0.3, 0.4) is 0 Å². The summed E-state index contributed by atoms with van der Waals surface area (Å²) in [5, 5.41) is 9.11. The standard InChI is InChI=1S/C23H32N6O3/c1-13(2)28-20-18(12-24-28)15(4)17(16(5)25-20)6-7-19(30)27-29-21(31)23(26-22(29)32)10-8-14(3)9-11-23/h12-14H,6-11H2,1-5H3,(H,26,32)(H,27,30). The number of pyridine rings is 1. The van der Waals surface area contributed by atoms with Crippen LogP contribution < -0.4 is 10.7 Å². The zero-order chi connectivity index (χ0) is 23.2. The lowest BCUT2D eigenvalue weighted by atomic mass is 9.77. The van der Waals surface area contributed by atoms with Crippen LogP contribution in [-0.2, 0) is 16.0 Å². The van der Waals surface area contributed by atoms with E-state index in [9.17, 15) is 14.4 Å². The number of hydrogen-bond acceptors (Lipinski definition) is 5. The van der Waals surface area contributed by atoms with E-state index in [0.29, 0.717) is 25.2 Å². The fourth-order valence-electron chi connectivity index (χ4n) is 4.87. The Balaban J connectivity index is 1.44. The summed E-state index contributed by atoms with van der Waals surface area (Å²) in [7, 11) is 0. The van der Waals surface area contributed by atoms with E-state index in [0.717, 1.165) is 45.7 Å². The number of hydrogen-bond donors (Lipinski definition) is 2. The molecule has 2 N–H and O–H groups in total. The quantitative estimate of drug-likeness (QED) is 0.695. The molecule has 0 bridgehead atoms. The van der Waals surface area contributed by atoms with Crippen molar-refractivity contribution in [2.75, 3.05) is 0 Å². The van der Waals surface area contributed by atoms with E-state index in [1.165, 1.54) is 0 Å². The molecule has 2 fully saturated rings. The molecule has 3 heterocycles. The van der Waals surface area contributed by atoms with E-state index >= 15 is 0 Å². The van der Waals surface area contributed by atoms with Crippen molar-refractivity contribution < 1.29 is 14.4 Å². The van der Waals surface area contributed by atoms with Gasteiger partial charge in [-0.3, -0.25) is 15.0 Å². The van der Waals surface area contributed by atoms with Crippen LogP contribution in [0.1, 0.15) is 75.7 Å². The van der Waals surface area contributed by atoms with Crippen LogP contribution in [0.5, 0.6) is 0 Å². The van der Waals surface area contributed by atoms with Gasteiger partial charge in [0, 0.05) is 23.5 Å². The highest BCUT2D eigenvalue weighted by Gasteiger charge is 2.52. The molecule has 4 rings (SSSR count). The highest BCUT2D eigenvalue weighted by molar-refractivity contribution is 6.08. The van der Waals surface area contributed by atoms with Gasteiger partial charge in [0.25, 0.3) is 5.91 Å². The van der Waals surface area contributed by atoms with Crippen molar-refractivity contribution in [2.24, 2.45) is 5.92 Å². The molecule has 9 nitrogen and oxygen atoms in total. The third-order valence-corrected chi connectivity index (χ3v) is 6.95. The Morgan fingerprint density at radius 2 is 1.97 bits per heavy atom. The van der Waals surface area contributed by atoms with Gasteiger partial charge in [-0.2, -0.15) is 10.1 Å². The van der Waals surface area contributed by atoms with E-state index in [1.807, 2.05) is 24.7 Å². The summed E-state index contributed by atoms with van der Waals surface area (Å²) >= 11 is 0. The maximum Gasteiger partial charge on any atom is 0.344 e. The molecule has 0 radical (unpaired) electrons. The third kappa shape index (κ3) is 3.73. The number of aromatic nitrogens is 3. The van der Waals surface area contributed by atoms with Gasteiger partial charge in [-0.05, 0) is 76.8 Å². The van der Waals surface area contributed by atoms with Crippen LogP contribution in [0.15, 0.2) is 6.20 Å². The monoisotopic (exact) mass is 440 g/mol. The number of hydrazine groups is 1. The highest BCUT2D eigenvalue weighted by Crippen LogP contribution is 2.35. The number of fused-ring (bicyclic) bond motifs is 1. The average molecular weight is 441 g/mol. The van der Waals surface area contributed by atoms with Crippen molar-refractivity contribution >= 4 is 28.9 Å².